The van der Waals surface area contributed by atoms with E-state index in [9.17, 15) is 4.79 Å². The van der Waals surface area contributed by atoms with Gasteiger partial charge >= 0.3 is 5.97 Å². The average Bonchev–Trinajstić information content (AvgIpc) is 2.46. The van der Waals surface area contributed by atoms with Crippen LogP contribution in [0.1, 0.15) is 35.1 Å². The molecule has 0 amide bonds. The van der Waals surface area contributed by atoms with E-state index >= 15 is 0 Å². The first kappa shape index (κ1) is 13.8. The topological polar surface area (TPSA) is 50.2 Å². The Morgan fingerprint density at radius 2 is 2.14 bits per heavy atom. The number of rotatable bonds is 4. The molecule has 3 nitrogen and oxygen atoms in total. The summed E-state index contributed by atoms with van der Waals surface area (Å²) in [5.74, 6) is -0.808. The molecule has 0 fully saturated rings. The number of nitrogens with zero attached hydrogens (tertiary/aromatic N) is 1. The molecule has 0 unspecified atom stereocenters. The molecule has 1 N–H and O–H groups in total. The lowest BCUT2D eigenvalue weighted by molar-refractivity contribution is -0.136. The lowest BCUT2D eigenvalue weighted by Gasteiger charge is -2.19. The van der Waals surface area contributed by atoms with Crippen LogP contribution in [0.4, 0.5) is 0 Å². The van der Waals surface area contributed by atoms with Gasteiger partial charge in [0.2, 0.25) is 0 Å². The maximum Gasteiger partial charge on any atom is 0.307 e. The number of carbonyl (C=O) groups is 1. The molecule has 0 saturated heterocycles. The Hall–Kier alpha value is -2.16. The van der Waals surface area contributed by atoms with Gasteiger partial charge in [0.05, 0.1) is 11.9 Å². The number of hydrogen-bond donors (Lipinski definition) is 1. The van der Waals surface area contributed by atoms with Crippen molar-refractivity contribution in [3.8, 4) is 0 Å². The number of benzene rings is 1. The number of carboxylic acid groups (broad SMARTS) is 1. The van der Waals surface area contributed by atoms with E-state index in [0.29, 0.717) is 0 Å². The predicted molar refractivity (Wildman–Crippen MR) is 83.6 cm³/mol. The average molecular weight is 281 g/mol. The third-order valence-corrected chi connectivity index (χ3v) is 4.15. The van der Waals surface area contributed by atoms with Crippen molar-refractivity contribution in [2.75, 3.05) is 0 Å². The summed E-state index contributed by atoms with van der Waals surface area (Å²) in [7, 11) is 0. The minimum absolute atomic E-state index is 0.0405. The Morgan fingerprint density at radius 1 is 1.33 bits per heavy atom. The first-order chi connectivity index (χ1) is 10.2. The van der Waals surface area contributed by atoms with Crippen LogP contribution in [0.5, 0.6) is 0 Å². The lowest BCUT2D eigenvalue weighted by Crippen LogP contribution is -2.07. The van der Waals surface area contributed by atoms with Crippen LogP contribution in [0.2, 0.25) is 0 Å². The predicted octanol–water partition coefficient (Wildman–Crippen LogP) is 3.47. The second-order valence-electron chi connectivity index (χ2n) is 5.68. The van der Waals surface area contributed by atoms with Crippen molar-refractivity contribution >= 4 is 16.9 Å². The van der Waals surface area contributed by atoms with E-state index in [1.807, 2.05) is 24.4 Å². The van der Waals surface area contributed by atoms with Gasteiger partial charge in [-0.15, -0.1) is 6.58 Å². The fourth-order valence-corrected chi connectivity index (χ4v) is 3.30. The number of carboxylic acids is 1. The third-order valence-electron chi connectivity index (χ3n) is 4.15. The number of allylic oxidation sites excluding steroid dienone is 1. The summed E-state index contributed by atoms with van der Waals surface area (Å²) in [5, 5.41) is 10.2. The SMILES string of the molecule is C=CCc1cc(CC(=O)O)cc2ncc3c(c12)CCCC3. The molecule has 1 aromatic heterocycles. The molecule has 0 atom stereocenters. The van der Waals surface area contributed by atoms with Gasteiger partial charge in [-0.1, -0.05) is 12.1 Å². The molecule has 1 heterocycles. The first-order valence-corrected chi connectivity index (χ1v) is 7.44. The smallest absolute Gasteiger partial charge is 0.307 e. The van der Waals surface area contributed by atoms with Gasteiger partial charge in [0.25, 0.3) is 0 Å². The maximum absolute atomic E-state index is 11.0. The monoisotopic (exact) mass is 281 g/mol. The zero-order valence-electron chi connectivity index (χ0n) is 12.1. The lowest BCUT2D eigenvalue weighted by atomic mass is 9.87. The molecule has 21 heavy (non-hydrogen) atoms. The molecule has 1 aliphatic carbocycles. The summed E-state index contributed by atoms with van der Waals surface area (Å²) in [6.45, 7) is 3.83. The molecule has 0 saturated carbocycles. The van der Waals surface area contributed by atoms with Crippen molar-refractivity contribution in [3.05, 3.63) is 53.2 Å². The minimum Gasteiger partial charge on any atom is -0.481 e. The van der Waals surface area contributed by atoms with Crippen molar-refractivity contribution < 1.29 is 9.90 Å². The van der Waals surface area contributed by atoms with Gasteiger partial charge in [0, 0.05) is 11.6 Å². The number of aryl methyl sites for hydroxylation is 2. The zero-order chi connectivity index (χ0) is 14.8. The van der Waals surface area contributed by atoms with Gasteiger partial charge in [0.1, 0.15) is 0 Å². The Bertz CT molecular complexity index is 719. The second kappa shape index (κ2) is 5.68. The number of hydrogen-bond acceptors (Lipinski definition) is 2. The normalized spacial score (nSPS) is 13.9. The quantitative estimate of drug-likeness (QED) is 0.873. The minimum atomic E-state index is -0.808. The molecule has 108 valence electrons. The van der Waals surface area contributed by atoms with Crippen molar-refractivity contribution in [3.63, 3.8) is 0 Å². The van der Waals surface area contributed by atoms with Crippen LogP contribution in [-0.4, -0.2) is 16.1 Å². The van der Waals surface area contributed by atoms with Crippen LogP contribution in [0.25, 0.3) is 10.9 Å². The molecule has 0 radical (unpaired) electrons. The van der Waals surface area contributed by atoms with E-state index in [2.05, 4.69) is 11.6 Å². The molecule has 1 aromatic carbocycles. The van der Waals surface area contributed by atoms with E-state index in [1.54, 1.807) is 0 Å². The van der Waals surface area contributed by atoms with Crippen LogP contribution < -0.4 is 0 Å². The van der Waals surface area contributed by atoms with Crippen LogP contribution in [-0.2, 0) is 30.5 Å². The summed E-state index contributed by atoms with van der Waals surface area (Å²) < 4.78 is 0. The van der Waals surface area contributed by atoms with E-state index in [0.717, 1.165) is 35.9 Å². The fraction of sp³-hybridized carbons (Fsp3) is 0.333. The highest BCUT2D eigenvalue weighted by molar-refractivity contribution is 5.88. The molecule has 2 aromatic rings. The number of pyridine rings is 1. The number of fused-ring (bicyclic) bond motifs is 3. The van der Waals surface area contributed by atoms with Crippen molar-refractivity contribution in [2.45, 2.75) is 38.5 Å². The van der Waals surface area contributed by atoms with E-state index in [-0.39, 0.29) is 6.42 Å². The standard InChI is InChI=1S/C18H19NO2/c1-2-5-13-8-12(10-17(20)21)9-16-18(13)15-7-4-3-6-14(15)11-19-16/h2,8-9,11H,1,3-7,10H2,(H,20,21). The fourth-order valence-electron chi connectivity index (χ4n) is 3.30. The Morgan fingerprint density at radius 3 is 2.90 bits per heavy atom. The van der Waals surface area contributed by atoms with Crippen LogP contribution in [0, 0.1) is 0 Å². The molecule has 3 heteroatoms. The zero-order valence-corrected chi connectivity index (χ0v) is 12.1. The number of aliphatic carboxylic acids is 1. The molecular weight excluding hydrogens is 262 g/mol. The van der Waals surface area contributed by atoms with Gasteiger partial charge in [-0.2, -0.15) is 0 Å². The van der Waals surface area contributed by atoms with Crippen LogP contribution in [0.15, 0.2) is 31.0 Å². The Labute approximate surface area is 124 Å². The molecule has 0 spiro atoms. The highest BCUT2D eigenvalue weighted by Crippen LogP contribution is 2.31. The Kier molecular flexibility index (Phi) is 3.74. The molecule has 0 bridgehead atoms. The summed E-state index contributed by atoms with van der Waals surface area (Å²) in [6.07, 6.45) is 9.28. The van der Waals surface area contributed by atoms with Crippen LogP contribution in [0.3, 0.4) is 0 Å². The molecular formula is C18H19NO2. The van der Waals surface area contributed by atoms with E-state index in [1.165, 1.54) is 29.4 Å². The summed E-state index contributed by atoms with van der Waals surface area (Å²) >= 11 is 0. The Balaban J connectivity index is 2.23. The molecule has 0 aliphatic heterocycles. The maximum atomic E-state index is 11.0. The molecule has 1 aliphatic rings. The number of aromatic nitrogens is 1. The van der Waals surface area contributed by atoms with E-state index in [4.69, 9.17) is 5.11 Å². The summed E-state index contributed by atoms with van der Waals surface area (Å²) in [5.41, 5.74) is 5.65. The van der Waals surface area contributed by atoms with Gasteiger partial charge in [-0.05, 0) is 60.4 Å². The summed E-state index contributed by atoms with van der Waals surface area (Å²) in [6, 6.07) is 3.93. The van der Waals surface area contributed by atoms with Gasteiger partial charge in [0.15, 0.2) is 0 Å². The van der Waals surface area contributed by atoms with Crippen molar-refractivity contribution in [1.82, 2.24) is 4.98 Å². The largest absolute Gasteiger partial charge is 0.481 e. The third kappa shape index (κ3) is 2.68. The van der Waals surface area contributed by atoms with E-state index < -0.39 is 5.97 Å². The molecule has 3 rings (SSSR count). The van der Waals surface area contributed by atoms with Gasteiger partial charge in [-0.25, -0.2) is 0 Å². The summed E-state index contributed by atoms with van der Waals surface area (Å²) in [4.78, 5) is 15.5. The van der Waals surface area contributed by atoms with Crippen molar-refractivity contribution in [2.24, 2.45) is 0 Å². The highest BCUT2D eigenvalue weighted by Gasteiger charge is 2.16. The highest BCUT2D eigenvalue weighted by atomic mass is 16.4. The second-order valence-corrected chi connectivity index (χ2v) is 5.68. The first-order valence-electron chi connectivity index (χ1n) is 7.44. The van der Waals surface area contributed by atoms with Gasteiger partial charge < -0.3 is 5.11 Å². The van der Waals surface area contributed by atoms with Crippen LogP contribution >= 0.6 is 0 Å². The van der Waals surface area contributed by atoms with Gasteiger partial charge in [-0.3, -0.25) is 9.78 Å². The van der Waals surface area contributed by atoms with Crippen molar-refractivity contribution in [1.29, 1.82) is 0 Å².